The lowest BCUT2D eigenvalue weighted by Crippen LogP contribution is -2.40. The molecule has 3 heterocycles. The fourth-order valence-corrected chi connectivity index (χ4v) is 4.02. The number of fused-ring (bicyclic) bond motifs is 1. The number of benzene rings is 1. The van der Waals surface area contributed by atoms with Gasteiger partial charge >= 0.3 is 17.9 Å². The summed E-state index contributed by atoms with van der Waals surface area (Å²) in [5.74, 6) is -2.48. The molecule has 0 aliphatic carbocycles. The van der Waals surface area contributed by atoms with Gasteiger partial charge in [0.25, 0.3) is 5.91 Å². The molecule has 0 unspecified atom stereocenters. The van der Waals surface area contributed by atoms with Crippen molar-refractivity contribution in [3.05, 3.63) is 47.4 Å². The molecule has 1 amide bonds. The molecule has 37 heavy (non-hydrogen) atoms. The van der Waals surface area contributed by atoms with Crippen LogP contribution in [0.4, 0.5) is 5.95 Å². The molecule has 0 saturated carbocycles. The second-order valence-electron chi connectivity index (χ2n) is 8.00. The highest BCUT2D eigenvalue weighted by molar-refractivity contribution is 6.33. The van der Waals surface area contributed by atoms with E-state index in [1.165, 1.54) is 31.7 Å². The number of hydrogen-bond donors (Lipinski definition) is 1. The smallest absolute Gasteiger partial charge is 0.303 e. The van der Waals surface area contributed by atoms with Gasteiger partial charge in [0.1, 0.15) is 18.2 Å². The van der Waals surface area contributed by atoms with E-state index in [0.717, 1.165) is 0 Å². The fourth-order valence-electron chi connectivity index (χ4n) is 3.80. The summed E-state index contributed by atoms with van der Waals surface area (Å²) in [5, 5.41) is 2.53. The highest BCUT2D eigenvalue weighted by atomic mass is 35.5. The molecular formula is C23H22ClN5O8. The van der Waals surface area contributed by atoms with Gasteiger partial charge in [0.2, 0.25) is 5.95 Å². The summed E-state index contributed by atoms with van der Waals surface area (Å²) in [6, 6.07) is 8.43. The Labute approximate surface area is 215 Å². The van der Waals surface area contributed by atoms with Crippen molar-refractivity contribution in [1.82, 2.24) is 19.5 Å². The first-order valence-electron chi connectivity index (χ1n) is 11.0. The first-order valence-corrected chi connectivity index (χ1v) is 11.4. The second-order valence-corrected chi connectivity index (χ2v) is 8.36. The number of halogens is 1. The number of rotatable bonds is 7. The van der Waals surface area contributed by atoms with Crippen molar-refractivity contribution in [2.45, 2.75) is 45.3 Å². The van der Waals surface area contributed by atoms with Crippen LogP contribution in [0.25, 0.3) is 11.2 Å². The molecule has 14 heteroatoms. The first-order chi connectivity index (χ1) is 17.6. The lowest BCUT2D eigenvalue weighted by atomic mass is 10.1. The highest BCUT2D eigenvalue weighted by Crippen LogP contribution is 2.36. The topological polar surface area (TPSA) is 161 Å². The Balaban J connectivity index is 1.72. The van der Waals surface area contributed by atoms with Crippen LogP contribution in [0, 0.1) is 0 Å². The number of amides is 1. The minimum absolute atomic E-state index is 0.0536. The van der Waals surface area contributed by atoms with E-state index in [-0.39, 0.29) is 28.9 Å². The van der Waals surface area contributed by atoms with Gasteiger partial charge in [-0.3, -0.25) is 29.1 Å². The third-order valence-corrected chi connectivity index (χ3v) is 5.52. The number of ether oxygens (including phenoxy) is 4. The van der Waals surface area contributed by atoms with Gasteiger partial charge in [0.05, 0.1) is 6.33 Å². The monoisotopic (exact) mass is 531 g/mol. The van der Waals surface area contributed by atoms with E-state index in [1.54, 1.807) is 30.3 Å². The first kappa shape index (κ1) is 26.0. The zero-order valence-corrected chi connectivity index (χ0v) is 20.7. The third-order valence-electron chi connectivity index (χ3n) is 5.25. The quantitative estimate of drug-likeness (QED) is 0.270. The number of imidazole rings is 1. The van der Waals surface area contributed by atoms with Gasteiger partial charge in [-0.05, 0) is 12.1 Å². The van der Waals surface area contributed by atoms with Crippen LogP contribution in [-0.2, 0) is 33.3 Å². The summed E-state index contributed by atoms with van der Waals surface area (Å²) in [5.41, 5.74) is 0.694. The minimum Gasteiger partial charge on any atom is -0.463 e. The molecule has 0 bridgehead atoms. The summed E-state index contributed by atoms with van der Waals surface area (Å²) < 4.78 is 23.3. The summed E-state index contributed by atoms with van der Waals surface area (Å²) >= 11 is 6.31. The third kappa shape index (κ3) is 5.84. The average molecular weight is 532 g/mol. The van der Waals surface area contributed by atoms with Gasteiger partial charge in [-0.25, -0.2) is 4.98 Å². The van der Waals surface area contributed by atoms with Gasteiger partial charge in [-0.15, -0.1) is 0 Å². The van der Waals surface area contributed by atoms with Crippen LogP contribution in [0.15, 0.2) is 36.7 Å². The number of anilines is 1. The van der Waals surface area contributed by atoms with Crippen LogP contribution in [0.1, 0.15) is 37.4 Å². The normalized spacial score (nSPS) is 20.9. The number of carbonyl (C=O) groups is 4. The summed E-state index contributed by atoms with van der Waals surface area (Å²) in [7, 11) is 0. The van der Waals surface area contributed by atoms with Crippen molar-refractivity contribution in [3.8, 4) is 0 Å². The van der Waals surface area contributed by atoms with Crippen molar-refractivity contribution in [2.24, 2.45) is 0 Å². The minimum atomic E-state index is -1.16. The molecule has 1 aliphatic rings. The van der Waals surface area contributed by atoms with Gasteiger partial charge in [0.15, 0.2) is 29.2 Å². The van der Waals surface area contributed by atoms with Crippen LogP contribution in [-0.4, -0.2) is 68.3 Å². The molecule has 1 fully saturated rings. The molecule has 4 rings (SSSR count). The number of esters is 3. The molecule has 1 aliphatic heterocycles. The van der Waals surface area contributed by atoms with Crippen molar-refractivity contribution >= 4 is 52.5 Å². The van der Waals surface area contributed by atoms with Crippen LogP contribution < -0.4 is 5.32 Å². The second kappa shape index (κ2) is 10.9. The number of nitrogens with zero attached hydrogens (tertiary/aromatic N) is 4. The lowest BCUT2D eigenvalue weighted by molar-refractivity contribution is -0.166. The Bertz CT molecular complexity index is 1350. The number of carbonyl (C=O) groups excluding carboxylic acids is 4. The Hall–Kier alpha value is -4.10. The van der Waals surface area contributed by atoms with E-state index >= 15 is 0 Å². The van der Waals surface area contributed by atoms with Gasteiger partial charge < -0.3 is 18.9 Å². The Kier molecular flexibility index (Phi) is 7.64. The molecule has 13 nitrogen and oxygen atoms in total. The Morgan fingerprint density at radius 2 is 1.68 bits per heavy atom. The zero-order chi connectivity index (χ0) is 26.7. The molecule has 1 aromatic carbocycles. The molecular weight excluding hydrogens is 510 g/mol. The largest absolute Gasteiger partial charge is 0.463 e. The molecule has 3 aromatic rings. The Morgan fingerprint density at radius 3 is 2.32 bits per heavy atom. The highest BCUT2D eigenvalue weighted by Gasteiger charge is 2.51. The van der Waals surface area contributed by atoms with Crippen LogP contribution in [0.5, 0.6) is 0 Å². The van der Waals surface area contributed by atoms with Gasteiger partial charge in [0, 0.05) is 26.3 Å². The van der Waals surface area contributed by atoms with E-state index in [1.807, 2.05) is 0 Å². The predicted octanol–water partition coefficient (Wildman–Crippen LogP) is 2.06. The van der Waals surface area contributed by atoms with Crippen molar-refractivity contribution < 1.29 is 38.1 Å². The van der Waals surface area contributed by atoms with Crippen LogP contribution in [0.3, 0.4) is 0 Å². The lowest BCUT2D eigenvalue weighted by Gasteiger charge is -2.23. The standard InChI is InChI=1S/C23H22ClN5O8/c1-11(30)34-9-15-17(35-12(2)31)18(36-13(3)32)22(37-15)29-10-25-16-19(24)26-23(27-20(16)29)28-21(33)14-7-5-4-6-8-14/h4-8,10,15,17-18,22H,9H2,1-3H3,(H,26,27,28,33)/t15-,17-,18-,22-/m1/s1. The van der Waals surface area contributed by atoms with E-state index in [9.17, 15) is 19.2 Å². The maximum Gasteiger partial charge on any atom is 0.303 e. The summed E-state index contributed by atoms with van der Waals surface area (Å²) in [6.07, 6.45) is -3.03. The summed E-state index contributed by atoms with van der Waals surface area (Å²) in [4.78, 5) is 60.4. The number of hydrogen-bond acceptors (Lipinski definition) is 11. The van der Waals surface area contributed by atoms with E-state index in [0.29, 0.717) is 5.56 Å². The van der Waals surface area contributed by atoms with Crippen molar-refractivity contribution in [2.75, 3.05) is 11.9 Å². The Morgan fingerprint density at radius 1 is 1.00 bits per heavy atom. The molecule has 194 valence electrons. The number of nitrogens with one attached hydrogen (secondary N) is 1. The van der Waals surface area contributed by atoms with Crippen molar-refractivity contribution in [3.63, 3.8) is 0 Å². The maximum absolute atomic E-state index is 12.6. The van der Waals surface area contributed by atoms with E-state index < -0.39 is 48.4 Å². The van der Waals surface area contributed by atoms with E-state index in [2.05, 4.69) is 20.3 Å². The molecule has 1 saturated heterocycles. The molecule has 2 aromatic heterocycles. The van der Waals surface area contributed by atoms with Crippen molar-refractivity contribution in [1.29, 1.82) is 0 Å². The fraction of sp³-hybridized carbons (Fsp3) is 0.348. The average Bonchev–Trinajstić information content (AvgIpc) is 3.39. The molecule has 1 N–H and O–H groups in total. The number of aromatic nitrogens is 4. The maximum atomic E-state index is 12.6. The molecule has 0 spiro atoms. The van der Waals surface area contributed by atoms with E-state index in [4.69, 9.17) is 30.5 Å². The predicted molar refractivity (Wildman–Crippen MR) is 126 cm³/mol. The molecule has 4 atom stereocenters. The van der Waals surface area contributed by atoms with Crippen LogP contribution >= 0.6 is 11.6 Å². The summed E-state index contributed by atoms with van der Waals surface area (Å²) in [6.45, 7) is 3.30. The van der Waals surface area contributed by atoms with Gasteiger partial charge in [-0.2, -0.15) is 9.97 Å². The zero-order valence-electron chi connectivity index (χ0n) is 19.9. The molecule has 0 radical (unpaired) electrons. The van der Waals surface area contributed by atoms with Gasteiger partial charge in [-0.1, -0.05) is 29.8 Å². The van der Waals surface area contributed by atoms with Crippen LogP contribution in [0.2, 0.25) is 5.15 Å². The SMILES string of the molecule is CC(=O)OC[C@H]1O[C@@H](n2cnc3c(Cl)nc(NC(=O)c4ccccc4)nc32)[C@H](OC(C)=O)[C@@H]1OC(C)=O.